The van der Waals surface area contributed by atoms with Crippen molar-refractivity contribution in [2.24, 2.45) is 0 Å². The standard InChI is InChI=1S/C16H23NO4/c1-10(18)12-7-5-6-11-9-20-13(14(11)12)8-17-15(19)21-16(2,3)4/h5-7,10,13,18H,8-9H2,1-4H3,(H,17,19). The fraction of sp³-hybridized carbons (Fsp3) is 0.562. The Morgan fingerprint density at radius 1 is 1.52 bits per heavy atom. The maximum atomic E-state index is 11.7. The molecule has 1 heterocycles. The molecule has 2 rings (SSSR count). The fourth-order valence-electron chi connectivity index (χ4n) is 2.44. The molecule has 2 N–H and O–H groups in total. The Morgan fingerprint density at radius 2 is 2.24 bits per heavy atom. The highest BCUT2D eigenvalue weighted by atomic mass is 16.6. The molecule has 1 aromatic carbocycles. The zero-order chi connectivity index (χ0) is 15.6. The Morgan fingerprint density at radius 3 is 2.86 bits per heavy atom. The number of carbonyl (C=O) groups excluding carboxylic acids is 1. The molecule has 0 saturated heterocycles. The van der Waals surface area contributed by atoms with Gasteiger partial charge in [0.05, 0.1) is 19.3 Å². The van der Waals surface area contributed by atoms with Crippen LogP contribution in [-0.2, 0) is 16.1 Å². The van der Waals surface area contributed by atoms with Crippen molar-refractivity contribution in [2.45, 2.75) is 52.1 Å². The molecule has 1 aliphatic heterocycles. The molecule has 0 saturated carbocycles. The molecule has 0 fully saturated rings. The van der Waals surface area contributed by atoms with Crippen LogP contribution in [0.2, 0.25) is 0 Å². The van der Waals surface area contributed by atoms with Crippen molar-refractivity contribution < 1.29 is 19.4 Å². The zero-order valence-electron chi connectivity index (χ0n) is 13.0. The molecule has 2 unspecified atom stereocenters. The highest BCUT2D eigenvalue weighted by Gasteiger charge is 2.28. The van der Waals surface area contributed by atoms with Gasteiger partial charge >= 0.3 is 6.09 Å². The van der Waals surface area contributed by atoms with Gasteiger partial charge in [0.25, 0.3) is 0 Å². The largest absolute Gasteiger partial charge is 0.444 e. The van der Waals surface area contributed by atoms with Crippen LogP contribution >= 0.6 is 0 Å². The second kappa shape index (κ2) is 6.03. The summed E-state index contributed by atoms with van der Waals surface area (Å²) >= 11 is 0. The number of benzene rings is 1. The minimum Gasteiger partial charge on any atom is -0.444 e. The second-order valence-electron chi connectivity index (χ2n) is 6.28. The lowest BCUT2D eigenvalue weighted by Crippen LogP contribution is -2.34. The van der Waals surface area contributed by atoms with Gasteiger partial charge in [0, 0.05) is 0 Å². The smallest absolute Gasteiger partial charge is 0.407 e. The van der Waals surface area contributed by atoms with Crippen molar-refractivity contribution in [3.63, 3.8) is 0 Å². The van der Waals surface area contributed by atoms with Crippen molar-refractivity contribution in [3.8, 4) is 0 Å². The van der Waals surface area contributed by atoms with Gasteiger partial charge in [-0.3, -0.25) is 0 Å². The van der Waals surface area contributed by atoms with Gasteiger partial charge in [0.1, 0.15) is 11.7 Å². The third kappa shape index (κ3) is 3.95. The van der Waals surface area contributed by atoms with Crippen molar-refractivity contribution in [1.82, 2.24) is 5.32 Å². The van der Waals surface area contributed by atoms with Crippen LogP contribution in [0.4, 0.5) is 4.79 Å². The minimum absolute atomic E-state index is 0.252. The van der Waals surface area contributed by atoms with Crippen LogP contribution in [0.25, 0.3) is 0 Å². The maximum Gasteiger partial charge on any atom is 0.407 e. The summed E-state index contributed by atoms with van der Waals surface area (Å²) in [7, 11) is 0. The van der Waals surface area contributed by atoms with Crippen molar-refractivity contribution in [3.05, 3.63) is 34.9 Å². The molecule has 0 bridgehead atoms. The van der Waals surface area contributed by atoms with E-state index in [0.717, 1.165) is 16.7 Å². The monoisotopic (exact) mass is 293 g/mol. The Hall–Kier alpha value is -1.59. The van der Waals surface area contributed by atoms with E-state index in [1.165, 1.54) is 0 Å². The third-order valence-corrected chi connectivity index (χ3v) is 3.27. The quantitative estimate of drug-likeness (QED) is 0.899. The van der Waals surface area contributed by atoms with E-state index in [-0.39, 0.29) is 6.10 Å². The third-order valence-electron chi connectivity index (χ3n) is 3.27. The van der Waals surface area contributed by atoms with Crippen molar-refractivity contribution >= 4 is 6.09 Å². The molecule has 0 aliphatic carbocycles. The van der Waals surface area contributed by atoms with E-state index in [0.29, 0.717) is 13.2 Å². The minimum atomic E-state index is -0.564. The number of aliphatic hydroxyl groups is 1. The summed E-state index contributed by atoms with van der Waals surface area (Å²) in [6.45, 7) is 8.01. The van der Waals surface area contributed by atoms with Gasteiger partial charge in [-0.1, -0.05) is 18.2 Å². The van der Waals surface area contributed by atoms with Gasteiger partial charge in [0.15, 0.2) is 0 Å². The fourth-order valence-corrected chi connectivity index (χ4v) is 2.44. The Bertz CT molecular complexity index is 519. The number of nitrogens with one attached hydrogen (secondary N) is 1. The van der Waals surface area contributed by atoms with Crippen LogP contribution in [0, 0.1) is 0 Å². The summed E-state index contributed by atoms with van der Waals surface area (Å²) in [4.78, 5) is 11.7. The Kier molecular flexibility index (Phi) is 4.54. The van der Waals surface area contributed by atoms with E-state index >= 15 is 0 Å². The van der Waals surface area contributed by atoms with Crippen LogP contribution < -0.4 is 5.32 Å². The second-order valence-corrected chi connectivity index (χ2v) is 6.28. The lowest BCUT2D eigenvalue weighted by molar-refractivity contribution is 0.0390. The van der Waals surface area contributed by atoms with Gasteiger partial charge in [0.2, 0.25) is 0 Å². The van der Waals surface area contributed by atoms with Gasteiger partial charge < -0.3 is 19.9 Å². The number of alkyl carbamates (subject to hydrolysis) is 1. The van der Waals surface area contributed by atoms with E-state index in [9.17, 15) is 9.90 Å². The summed E-state index contributed by atoms with van der Waals surface area (Å²) in [5, 5.41) is 12.6. The van der Waals surface area contributed by atoms with Gasteiger partial charge in [-0.2, -0.15) is 0 Å². The number of amides is 1. The number of hydrogen-bond acceptors (Lipinski definition) is 4. The maximum absolute atomic E-state index is 11.7. The zero-order valence-corrected chi connectivity index (χ0v) is 13.0. The lowest BCUT2D eigenvalue weighted by Gasteiger charge is -2.21. The van der Waals surface area contributed by atoms with Gasteiger partial charge in [-0.15, -0.1) is 0 Å². The van der Waals surface area contributed by atoms with E-state index in [4.69, 9.17) is 9.47 Å². The molecule has 0 radical (unpaired) electrons. The number of aliphatic hydroxyl groups excluding tert-OH is 1. The van der Waals surface area contributed by atoms with E-state index in [1.807, 2.05) is 39.0 Å². The lowest BCUT2D eigenvalue weighted by atomic mass is 9.95. The first-order valence-electron chi connectivity index (χ1n) is 7.16. The van der Waals surface area contributed by atoms with Gasteiger partial charge in [-0.05, 0) is 44.4 Å². The van der Waals surface area contributed by atoms with E-state index in [1.54, 1.807) is 6.92 Å². The number of carbonyl (C=O) groups is 1. The summed E-state index contributed by atoms with van der Waals surface area (Å²) in [6, 6.07) is 5.78. The predicted molar refractivity (Wildman–Crippen MR) is 78.8 cm³/mol. The van der Waals surface area contributed by atoms with Crippen molar-refractivity contribution in [2.75, 3.05) is 6.54 Å². The SMILES string of the molecule is CC(O)c1cccc2c1C(CNC(=O)OC(C)(C)C)OC2. The summed E-state index contributed by atoms with van der Waals surface area (Å²) in [6.07, 6.45) is -1.28. The number of ether oxygens (including phenoxy) is 2. The van der Waals surface area contributed by atoms with Crippen LogP contribution in [0.3, 0.4) is 0 Å². The molecule has 2 atom stereocenters. The van der Waals surface area contributed by atoms with Crippen LogP contribution in [-0.4, -0.2) is 23.3 Å². The first kappa shape index (κ1) is 15.8. The molecule has 0 spiro atoms. The first-order valence-corrected chi connectivity index (χ1v) is 7.16. The van der Waals surface area contributed by atoms with E-state index < -0.39 is 17.8 Å². The summed E-state index contributed by atoms with van der Waals surface area (Å²) < 4.78 is 10.9. The van der Waals surface area contributed by atoms with Crippen LogP contribution in [0.15, 0.2) is 18.2 Å². The first-order chi connectivity index (χ1) is 9.78. The molecule has 5 nitrogen and oxygen atoms in total. The van der Waals surface area contributed by atoms with Crippen LogP contribution in [0.5, 0.6) is 0 Å². The Balaban J connectivity index is 2.04. The molecular formula is C16H23NO4. The molecule has 1 aromatic rings. The molecule has 21 heavy (non-hydrogen) atoms. The van der Waals surface area contributed by atoms with Crippen molar-refractivity contribution in [1.29, 1.82) is 0 Å². The average Bonchev–Trinajstić information content (AvgIpc) is 2.77. The van der Waals surface area contributed by atoms with E-state index in [2.05, 4.69) is 5.32 Å². The topological polar surface area (TPSA) is 67.8 Å². The molecule has 1 aliphatic rings. The average molecular weight is 293 g/mol. The number of hydrogen-bond donors (Lipinski definition) is 2. The molecule has 0 aromatic heterocycles. The molecule has 5 heteroatoms. The summed E-state index contributed by atoms with van der Waals surface area (Å²) in [5.41, 5.74) is 2.36. The predicted octanol–water partition coefficient (Wildman–Crippen LogP) is 2.84. The highest BCUT2D eigenvalue weighted by Crippen LogP contribution is 2.35. The number of fused-ring (bicyclic) bond motifs is 1. The number of rotatable bonds is 3. The Labute approximate surface area is 125 Å². The summed E-state index contributed by atoms with van der Waals surface area (Å²) in [5.74, 6) is 0. The van der Waals surface area contributed by atoms with Crippen LogP contribution in [0.1, 0.15) is 56.6 Å². The molecular weight excluding hydrogens is 270 g/mol. The normalized spacial score (nSPS) is 19.0. The molecule has 116 valence electrons. The highest BCUT2D eigenvalue weighted by molar-refractivity contribution is 5.67. The van der Waals surface area contributed by atoms with Gasteiger partial charge in [-0.25, -0.2) is 4.79 Å². The molecule has 1 amide bonds.